The minimum absolute atomic E-state index is 1.19. The van der Waals surface area contributed by atoms with Gasteiger partial charge in [-0.2, -0.15) is 0 Å². The Hall–Kier alpha value is -1.30. The van der Waals surface area contributed by atoms with Crippen molar-refractivity contribution < 1.29 is 0 Å². The summed E-state index contributed by atoms with van der Waals surface area (Å²) >= 11 is 3.04. The molecule has 0 aromatic heterocycles. The van der Waals surface area contributed by atoms with Crippen LogP contribution in [-0.2, 0) is 0 Å². The molecule has 3 aromatic carbocycles. The van der Waals surface area contributed by atoms with E-state index in [2.05, 4.69) is 70.6 Å². The van der Waals surface area contributed by atoms with E-state index < -0.39 is 0 Å². The number of rotatable bonds is 0. The Balaban J connectivity index is 2.47. The molecule has 0 amide bonds. The average Bonchev–Trinajstić information content (AvgIpc) is 2.26. The van der Waals surface area contributed by atoms with Gasteiger partial charge in [-0.25, -0.2) is 0 Å². The molecule has 71 valence electrons. The van der Waals surface area contributed by atoms with Gasteiger partial charge in [0.1, 0.15) is 0 Å². The second-order valence-electron chi connectivity index (χ2n) is 3.71. The molecule has 0 N–H and O–H groups in total. The molecule has 0 saturated carbocycles. The van der Waals surface area contributed by atoms with Crippen LogP contribution in [0.15, 0.2) is 54.6 Å². The SMILES string of the molecule is [Se]c1ccc2cc3ccccc3cc2c1. The Morgan fingerprint density at radius 1 is 0.600 bits per heavy atom. The Bertz CT molecular complexity index is 641. The van der Waals surface area contributed by atoms with E-state index in [4.69, 9.17) is 0 Å². The summed E-state index contributed by atoms with van der Waals surface area (Å²) in [6.07, 6.45) is 0. The summed E-state index contributed by atoms with van der Waals surface area (Å²) in [5, 5.41) is 5.20. The standard InChI is InChI=1S/C14H9Se/c15-14-6-5-12-7-10-3-1-2-4-11(10)8-13(12)9-14/h1-9H. The summed E-state index contributed by atoms with van der Waals surface area (Å²) in [6.45, 7) is 0. The van der Waals surface area contributed by atoms with Crippen molar-refractivity contribution in [2.75, 3.05) is 0 Å². The molecule has 0 aliphatic carbocycles. The molecule has 0 nitrogen and oxygen atoms in total. The third-order valence-electron chi connectivity index (χ3n) is 2.68. The van der Waals surface area contributed by atoms with E-state index in [9.17, 15) is 0 Å². The molecule has 0 spiro atoms. The Morgan fingerprint density at radius 3 is 1.93 bits per heavy atom. The van der Waals surface area contributed by atoms with Crippen LogP contribution in [0.4, 0.5) is 0 Å². The predicted octanol–water partition coefficient (Wildman–Crippen LogP) is 2.79. The van der Waals surface area contributed by atoms with Crippen molar-refractivity contribution in [1.29, 1.82) is 0 Å². The third-order valence-corrected chi connectivity index (χ3v) is 3.21. The van der Waals surface area contributed by atoms with Crippen molar-refractivity contribution in [1.82, 2.24) is 0 Å². The molecular formula is C14H9Se. The second kappa shape index (κ2) is 3.37. The zero-order valence-corrected chi connectivity index (χ0v) is 9.82. The van der Waals surface area contributed by atoms with Gasteiger partial charge in [0, 0.05) is 0 Å². The summed E-state index contributed by atoms with van der Waals surface area (Å²) < 4.78 is 1.19. The van der Waals surface area contributed by atoms with Crippen LogP contribution in [0.3, 0.4) is 0 Å². The van der Waals surface area contributed by atoms with E-state index in [0.29, 0.717) is 0 Å². The van der Waals surface area contributed by atoms with Crippen molar-refractivity contribution in [2.45, 2.75) is 0 Å². The van der Waals surface area contributed by atoms with Crippen LogP contribution >= 0.6 is 0 Å². The average molecular weight is 256 g/mol. The first kappa shape index (κ1) is 8.96. The maximum absolute atomic E-state index is 3.04. The molecule has 0 bridgehead atoms. The number of hydrogen-bond donors (Lipinski definition) is 0. The normalized spacial score (nSPS) is 10.9. The number of benzene rings is 3. The van der Waals surface area contributed by atoms with Crippen molar-refractivity contribution in [3.05, 3.63) is 54.6 Å². The van der Waals surface area contributed by atoms with E-state index in [1.807, 2.05) is 0 Å². The van der Waals surface area contributed by atoms with Crippen LogP contribution < -0.4 is 4.46 Å². The first-order chi connectivity index (χ1) is 7.33. The minimum atomic E-state index is 1.19. The molecule has 3 rings (SSSR count). The van der Waals surface area contributed by atoms with E-state index >= 15 is 0 Å². The van der Waals surface area contributed by atoms with Crippen molar-refractivity contribution in [3.8, 4) is 0 Å². The fourth-order valence-electron chi connectivity index (χ4n) is 1.92. The van der Waals surface area contributed by atoms with Gasteiger partial charge in [-0.15, -0.1) is 0 Å². The first-order valence-corrected chi connectivity index (χ1v) is 5.78. The molecule has 15 heavy (non-hydrogen) atoms. The van der Waals surface area contributed by atoms with E-state index in [1.54, 1.807) is 0 Å². The van der Waals surface area contributed by atoms with Crippen LogP contribution in [0.1, 0.15) is 0 Å². The quantitative estimate of drug-likeness (QED) is 0.428. The van der Waals surface area contributed by atoms with E-state index in [1.165, 1.54) is 26.0 Å². The van der Waals surface area contributed by atoms with Crippen LogP contribution in [0, 0.1) is 0 Å². The van der Waals surface area contributed by atoms with E-state index in [-0.39, 0.29) is 0 Å². The molecule has 1 radical (unpaired) electrons. The number of fused-ring (bicyclic) bond motifs is 2. The zero-order valence-electron chi connectivity index (χ0n) is 8.10. The first-order valence-electron chi connectivity index (χ1n) is 4.92. The van der Waals surface area contributed by atoms with Crippen LogP contribution in [-0.4, -0.2) is 16.0 Å². The van der Waals surface area contributed by atoms with Gasteiger partial charge in [0.05, 0.1) is 0 Å². The molecule has 0 aliphatic heterocycles. The zero-order chi connectivity index (χ0) is 10.3. The Labute approximate surface area is 96.7 Å². The topological polar surface area (TPSA) is 0 Å². The summed E-state index contributed by atoms with van der Waals surface area (Å²) in [5.41, 5.74) is 0. The molecule has 0 atom stereocenters. The van der Waals surface area contributed by atoms with Crippen molar-refractivity contribution >= 4 is 42.0 Å². The molecule has 1 heteroatoms. The van der Waals surface area contributed by atoms with Gasteiger partial charge in [-0.1, -0.05) is 0 Å². The monoisotopic (exact) mass is 257 g/mol. The van der Waals surface area contributed by atoms with Crippen LogP contribution in [0.25, 0.3) is 21.5 Å². The molecule has 0 heterocycles. The predicted molar refractivity (Wildman–Crippen MR) is 66.8 cm³/mol. The van der Waals surface area contributed by atoms with Gasteiger partial charge in [-0.05, 0) is 0 Å². The fraction of sp³-hybridized carbons (Fsp3) is 0. The summed E-state index contributed by atoms with van der Waals surface area (Å²) in [5.74, 6) is 0. The molecule has 3 aromatic rings. The molecule has 0 fully saturated rings. The molecular weight excluding hydrogens is 247 g/mol. The molecule has 0 saturated heterocycles. The maximum atomic E-state index is 3.04. The summed E-state index contributed by atoms with van der Waals surface area (Å²) in [7, 11) is 0. The molecule has 0 aliphatic rings. The van der Waals surface area contributed by atoms with Crippen molar-refractivity contribution in [3.63, 3.8) is 0 Å². The van der Waals surface area contributed by atoms with Gasteiger partial charge in [-0.3, -0.25) is 0 Å². The fourth-order valence-corrected chi connectivity index (χ4v) is 2.33. The summed E-state index contributed by atoms with van der Waals surface area (Å²) in [4.78, 5) is 0. The van der Waals surface area contributed by atoms with Crippen LogP contribution in [0.2, 0.25) is 0 Å². The summed E-state index contributed by atoms with van der Waals surface area (Å²) in [6, 6.07) is 19.4. The molecule has 0 unspecified atom stereocenters. The van der Waals surface area contributed by atoms with Gasteiger partial charge in [0.15, 0.2) is 0 Å². The second-order valence-corrected chi connectivity index (χ2v) is 4.70. The van der Waals surface area contributed by atoms with Gasteiger partial charge < -0.3 is 0 Å². The third kappa shape index (κ3) is 1.54. The van der Waals surface area contributed by atoms with Gasteiger partial charge in [0.2, 0.25) is 0 Å². The van der Waals surface area contributed by atoms with Crippen LogP contribution in [0.5, 0.6) is 0 Å². The van der Waals surface area contributed by atoms with E-state index in [0.717, 1.165) is 0 Å². The van der Waals surface area contributed by atoms with Gasteiger partial charge >= 0.3 is 96.6 Å². The van der Waals surface area contributed by atoms with Crippen molar-refractivity contribution in [2.24, 2.45) is 0 Å². The van der Waals surface area contributed by atoms with Gasteiger partial charge in [0.25, 0.3) is 0 Å². The Kier molecular flexibility index (Phi) is 2.02. The number of hydrogen-bond acceptors (Lipinski definition) is 0. The Morgan fingerprint density at radius 2 is 1.20 bits per heavy atom.